The van der Waals surface area contributed by atoms with Gasteiger partial charge in [0, 0.05) is 38.0 Å². The Morgan fingerprint density at radius 3 is 2.37 bits per heavy atom. The van der Waals surface area contributed by atoms with E-state index in [2.05, 4.69) is 17.2 Å². The van der Waals surface area contributed by atoms with Crippen molar-refractivity contribution in [2.45, 2.75) is 26.2 Å². The lowest BCUT2D eigenvalue weighted by molar-refractivity contribution is -0.132. The topological polar surface area (TPSA) is 58.4 Å². The molecule has 6 nitrogen and oxygen atoms in total. The summed E-state index contributed by atoms with van der Waals surface area (Å²) in [6, 6.07) is 18.3. The van der Waals surface area contributed by atoms with Crippen LogP contribution in [0.1, 0.15) is 33.8 Å². The van der Waals surface area contributed by atoms with Gasteiger partial charge in [-0.1, -0.05) is 30.3 Å². The van der Waals surface area contributed by atoms with Gasteiger partial charge in [-0.15, -0.1) is 11.3 Å². The highest BCUT2D eigenvalue weighted by Gasteiger charge is 2.26. The third-order valence-corrected chi connectivity index (χ3v) is 7.54. The molecule has 1 fully saturated rings. The monoisotopic (exact) mass is 490 g/mol. The molecule has 3 heterocycles. The largest absolute Gasteiger partial charge is 0.339 e. The van der Waals surface area contributed by atoms with Crippen molar-refractivity contribution >= 4 is 33.4 Å². The number of aromatic nitrogens is 2. The highest BCUT2D eigenvalue weighted by atomic mass is 32.1. The van der Waals surface area contributed by atoms with Crippen LogP contribution in [-0.2, 0) is 11.2 Å². The van der Waals surface area contributed by atoms with E-state index in [1.165, 1.54) is 29.0 Å². The molecule has 8 heteroatoms. The predicted octanol–water partition coefficient (Wildman–Crippen LogP) is 4.84. The molecule has 0 atom stereocenters. The summed E-state index contributed by atoms with van der Waals surface area (Å²) in [5, 5.41) is 5.50. The minimum Gasteiger partial charge on any atom is -0.339 e. The number of aryl methyl sites for hydroxylation is 2. The summed E-state index contributed by atoms with van der Waals surface area (Å²) in [6.45, 7) is 4.08. The fraction of sp³-hybridized carbons (Fsp3) is 0.296. The van der Waals surface area contributed by atoms with Crippen molar-refractivity contribution in [2.75, 3.05) is 26.2 Å². The Hall–Kier alpha value is -3.52. The van der Waals surface area contributed by atoms with E-state index >= 15 is 0 Å². The molecule has 180 valence electrons. The fourth-order valence-corrected chi connectivity index (χ4v) is 5.62. The molecular formula is C27H27FN4O2S. The number of carbonyl (C=O) groups excluding carboxylic acids is 2. The molecule has 0 unspecified atom stereocenters. The van der Waals surface area contributed by atoms with E-state index in [0.717, 1.165) is 34.4 Å². The zero-order chi connectivity index (χ0) is 24.4. The molecule has 0 aliphatic carbocycles. The Labute approximate surface area is 207 Å². The summed E-state index contributed by atoms with van der Waals surface area (Å²) >= 11 is 1.40. The SMILES string of the molecule is Cc1nn(-c2ccc(F)cc2)c2sc(C(=O)N3CCN(C(=O)CCCc4ccccc4)CC3)cc12. The third kappa shape index (κ3) is 4.98. The van der Waals surface area contributed by atoms with Crippen molar-refractivity contribution in [3.05, 3.63) is 82.6 Å². The second-order valence-electron chi connectivity index (χ2n) is 8.82. The van der Waals surface area contributed by atoms with Crippen LogP contribution >= 0.6 is 11.3 Å². The minimum absolute atomic E-state index is 0.0209. The van der Waals surface area contributed by atoms with Crippen LogP contribution in [0, 0.1) is 12.7 Å². The van der Waals surface area contributed by atoms with Gasteiger partial charge in [-0.2, -0.15) is 5.10 Å². The van der Waals surface area contributed by atoms with E-state index in [0.29, 0.717) is 37.5 Å². The first-order chi connectivity index (χ1) is 17.0. The molecule has 0 bridgehead atoms. The quantitative estimate of drug-likeness (QED) is 0.389. The second-order valence-corrected chi connectivity index (χ2v) is 9.85. The summed E-state index contributed by atoms with van der Waals surface area (Å²) in [7, 11) is 0. The maximum absolute atomic E-state index is 13.3. The van der Waals surface area contributed by atoms with E-state index in [9.17, 15) is 14.0 Å². The molecule has 0 radical (unpaired) electrons. The van der Waals surface area contributed by atoms with Crippen molar-refractivity contribution in [2.24, 2.45) is 0 Å². The third-order valence-electron chi connectivity index (χ3n) is 6.45. The maximum atomic E-state index is 13.3. The lowest BCUT2D eigenvalue weighted by atomic mass is 10.1. The van der Waals surface area contributed by atoms with Gasteiger partial charge in [0.2, 0.25) is 5.91 Å². The molecule has 2 amide bonds. The number of hydrogen-bond donors (Lipinski definition) is 0. The Kier molecular flexibility index (Phi) is 6.63. The van der Waals surface area contributed by atoms with Crippen LogP contribution in [0.25, 0.3) is 15.9 Å². The molecule has 2 aromatic heterocycles. The van der Waals surface area contributed by atoms with Crippen LogP contribution in [0.2, 0.25) is 0 Å². The van der Waals surface area contributed by atoms with Gasteiger partial charge in [-0.05, 0) is 55.7 Å². The molecule has 2 aromatic carbocycles. The van der Waals surface area contributed by atoms with Gasteiger partial charge >= 0.3 is 0 Å². The number of fused-ring (bicyclic) bond motifs is 1. The van der Waals surface area contributed by atoms with Crippen LogP contribution < -0.4 is 0 Å². The summed E-state index contributed by atoms with van der Waals surface area (Å²) < 4.78 is 15.1. The zero-order valence-electron chi connectivity index (χ0n) is 19.6. The first-order valence-electron chi connectivity index (χ1n) is 11.9. The number of piperazine rings is 1. The number of benzene rings is 2. The number of nitrogens with zero attached hydrogens (tertiary/aromatic N) is 4. The van der Waals surface area contributed by atoms with E-state index in [1.807, 2.05) is 41.0 Å². The Bertz CT molecular complexity index is 1340. The number of halogens is 1. The van der Waals surface area contributed by atoms with Gasteiger partial charge in [0.25, 0.3) is 5.91 Å². The molecule has 1 saturated heterocycles. The van der Waals surface area contributed by atoms with Crippen LogP contribution in [0.3, 0.4) is 0 Å². The van der Waals surface area contributed by atoms with E-state index in [-0.39, 0.29) is 17.6 Å². The minimum atomic E-state index is -0.301. The highest BCUT2D eigenvalue weighted by Crippen LogP contribution is 2.31. The van der Waals surface area contributed by atoms with E-state index in [4.69, 9.17) is 0 Å². The first-order valence-corrected chi connectivity index (χ1v) is 12.7. The second kappa shape index (κ2) is 10.00. The first kappa shape index (κ1) is 23.2. The number of rotatable bonds is 6. The number of carbonyl (C=O) groups is 2. The summed E-state index contributed by atoms with van der Waals surface area (Å²) in [5.74, 6) is -0.165. The number of thiophene rings is 1. The van der Waals surface area contributed by atoms with Crippen LogP contribution in [-0.4, -0.2) is 57.6 Å². The maximum Gasteiger partial charge on any atom is 0.264 e. The Balaban J connectivity index is 1.20. The lowest BCUT2D eigenvalue weighted by Gasteiger charge is -2.34. The Morgan fingerprint density at radius 2 is 1.66 bits per heavy atom. The van der Waals surface area contributed by atoms with Gasteiger partial charge < -0.3 is 9.80 Å². The standard InChI is InChI=1S/C27H27FN4O2S/c1-19-23-18-24(35-27(23)32(29-19)22-12-10-21(28)11-13-22)26(34)31-16-14-30(15-17-31)25(33)9-5-8-20-6-3-2-4-7-20/h2-4,6-7,10-13,18H,5,8-9,14-17H2,1H3. The number of amides is 2. The smallest absolute Gasteiger partial charge is 0.264 e. The Morgan fingerprint density at radius 1 is 0.971 bits per heavy atom. The van der Waals surface area contributed by atoms with Crippen LogP contribution in [0.4, 0.5) is 4.39 Å². The fourth-order valence-electron chi connectivity index (χ4n) is 4.47. The lowest BCUT2D eigenvalue weighted by Crippen LogP contribution is -2.50. The summed E-state index contributed by atoms with van der Waals surface area (Å²) in [6.07, 6.45) is 2.25. The van der Waals surface area contributed by atoms with E-state index < -0.39 is 0 Å². The summed E-state index contributed by atoms with van der Waals surface area (Å²) in [5.41, 5.74) is 2.83. The average Bonchev–Trinajstić information content (AvgIpc) is 3.45. The van der Waals surface area contributed by atoms with Gasteiger partial charge in [0.05, 0.1) is 16.3 Å². The molecule has 1 aliphatic rings. The molecule has 35 heavy (non-hydrogen) atoms. The zero-order valence-corrected chi connectivity index (χ0v) is 20.4. The molecular weight excluding hydrogens is 463 g/mol. The van der Waals surface area contributed by atoms with Crippen molar-refractivity contribution in [3.8, 4) is 5.69 Å². The molecule has 0 saturated carbocycles. The predicted molar refractivity (Wildman–Crippen MR) is 136 cm³/mol. The molecule has 4 aromatic rings. The molecule has 5 rings (SSSR count). The van der Waals surface area contributed by atoms with Crippen LogP contribution in [0.5, 0.6) is 0 Å². The number of hydrogen-bond acceptors (Lipinski definition) is 4. The van der Waals surface area contributed by atoms with Crippen molar-refractivity contribution in [3.63, 3.8) is 0 Å². The van der Waals surface area contributed by atoms with Crippen molar-refractivity contribution in [1.82, 2.24) is 19.6 Å². The molecule has 1 aliphatic heterocycles. The molecule has 0 spiro atoms. The highest BCUT2D eigenvalue weighted by molar-refractivity contribution is 7.20. The average molecular weight is 491 g/mol. The molecule has 0 N–H and O–H groups in total. The summed E-state index contributed by atoms with van der Waals surface area (Å²) in [4.78, 5) is 31.1. The van der Waals surface area contributed by atoms with Gasteiger partial charge in [0.1, 0.15) is 10.6 Å². The van der Waals surface area contributed by atoms with Gasteiger partial charge in [0.15, 0.2) is 0 Å². The van der Waals surface area contributed by atoms with Gasteiger partial charge in [-0.25, -0.2) is 9.07 Å². The van der Waals surface area contributed by atoms with E-state index in [1.54, 1.807) is 16.8 Å². The van der Waals surface area contributed by atoms with Crippen molar-refractivity contribution in [1.29, 1.82) is 0 Å². The normalized spacial score (nSPS) is 14.0. The van der Waals surface area contributed by atoms with Crippen LogP contribution in [0.15, 0.2) is 60.7 Å². The van der Waals surface area contributed by atoms with Crippen molar-refractivity contribution < 1.29 is 14.0 Å². The van der Waals surface area contributed by atoms with Gasteiger partial charge in [-0.3, -0.25) is 9.59 Å².